The molecule has 0 spiro atoms. The fourth-order valence-electron chi connectivity index (χ4n) is 4.11. The molecule has 26 heavy (non-hydrogen) atoms. The lowest BCUT2D eigenvalue weighted by molar-refractivity contribution is 0.0780. The summed E-state index contributed by atoms with van der Waals surface area (Å²) in [6, 6.07) is 3.37. The lowest BCUT2D eigenvalue weighted by Gasteiger charge is -2.23. The highest BCUT2D eigenvalue weighted by Crippen LogP contribution is 2.34. The van der Waals surface area contributed by atoms with Crippen LogP contribution in [0.3, 0.4) is 0 Å². The predicted molar refractivity (Wildman–Crippen MR) is 98.3 cm³/mol. The number of aryl methyl sites for hydroxylation is 2. The summed E-state index contributed by atoms with van der Waals surface area (Å²) in [7, 11) is 1.67. The fourth-order valence-corrected chi connectivity index (χ4v) is 4.11. The van der Waals surface area contributed by atoms with Crippen LogP contribution in [0.25, 0.3) is 0 Å². The van der Waals surface area contributed by atoms with Gasteiger partial charge in [0.2, 0.25) is 0 Å². The Morgan fingerprint density at radius 1 is 1.12 bits per heavy atom. The number of carbonyl (C=O) groups is 1. The Balaban J connectivity index is 1.48. The van der Waals surface area contributed by atoms with Crippen molar-refractivity contribution in [1.82, 2.24) is 19.4 Å². The van der Waals surface area contributed by atoms with Gasteiger partial charge in [-0.1, -0.05) is 0 Å². The minimum Gasteiger partial charge on any atom is -0.356 e. The number of pyridine rings is 1. The fraction of sp³-hybridized carbons (Fsp3) is 0.474. The van der Waals surface area contributed by atoms with Crippen LogP contribution in [-0.4, -0.2) is 51.5 Å². The molecule has 0 N–H and O–H groups in total. The minimum absolute atomic E-state index is 0.152. The van der Waals surface area contributed by atoms with Crippen molar-refractivity contribution in [1.29, 1.82) is 0 Å². The van der Waals surface area contributed by atoms with E-state index in [9.17, 15) is 9.59 Å². The average Bonchev–Trinajstić information content (AvgIpc) is 3.18. The summed E-state index contributed by atoms with van der Waals surface area (Å²) in [4.78, 5) is 37.8. The summed E-state index contributed by atoms with van der Waals surface area (Å²) < 4.78 is 1.45. The molecular weight excluding hydrogens is 330 g/mol. The van der Waals surface area contributed by atoms with Crippen molar-refractivity contribution in [3.05, 3.63) is 51.8 Å². The molecule has 2 saturated heterocycles. The highest BCUT2D eigenvalue weighted by Gasteiger charge is 2.42. The predicted octanol–water partition coefficient (Wildman–Crippen LogP) is 1.00. The number of aromatic nitrogens is 3. The number of anilines is 1. The number of rotatable bonds is 2. The zero-order valence-corrected chi connectivity index (χ0v) is 15.3. The third kappa shape index (κ3) is 2.67. The lowest BCUT2D eigenvalue weighted by atomic mass is 10.0. The van der Waals surface area contributed by atoms with Gasteiger partial charge in [-0.25, -0.2) is 9.97 Å². The second-order valence-corrected chi connectivity index (χ2v) is 7.38. The van der Waals surface area contributed by atoms with Crippen molar-refractivity contribution in [3.8, 4) is 0 Å². The van der Waals surface area contributed by atoms with Crippen LogP contribution in [0.2, 0.25) is 0 Å². The molecule has 2 fully saturated rings. The lowest BCUT2D eigenvalue weighted by Crippen LogP contribution is -2.37. The average molecular weight is 353 g/mol. The summed E-state index contributed by atoms with van der Waals surface area (Å²) in [6.45, 7) is 7.22. The van der Waals surface area contributed by atoms with E-state index in [1.807, 2.05) is 11.8 Å². The standard InChI is InChI=1S/C19H23N5O2/c1-12-13(2)20-11-21-17(12)23-7-14-9-24(10-15(14)8-23)19(26)16-5-4-6-22(3)18(16)25/h4-6,11,14-15H,7-10H2,1-3H3. The van der Waals surface area contributed by atoms with E-state index in [0.29, 0.717) is 24.9 Å². The van der Waals surface area contributed by atoms with Crippen molar-refractivity contribution < 1.29 is 4.79 Å². The summed E-state index contributed by atoms with van der Waals surface area (Å²) in [5.74, 6) is 1.69. The van der Waals surface area contributed by atoms with Crippen LogP contribution in [0.4, 0.5) is 5.82 Å². The SMILES string of the molecule is Cc1ncnc(N2CC3CN(C(=O)c4cccn(C)c4=O)CC3C2)c1C. The zero-order chi connectivity index (χ0) is 18.4. The number of hydrogen-bond acceptors (Lipinski definition) is 5. The Hall–Kier alpha value is -2.70. The number of fused-ring (bicyclic) bond motifs is 1. The first-order chi connectivity index (χ1) is 12.5. The monoisotopic (exact) mass is 353 g/mol. The van der Waals surface area contributed by atoms with Gasteiger partial charge in [0.15, 0.2) is 0 Å². The van der Waals surface area contributed by atoms with E-state index in [2.05, 4.69) is 21.8 Å². The third-order valence-electron chi connectivity index (χ3n) is 5.74. The molecule has 1 amide bonds. The first-order valence-electron chi connectivity index (χ1n) is 8.93. The molecule has 2 aliphatic rings. The summed E-state index contributed by atoms with van der Waals surface area (Å²) in [5, 5.41) is 0. The molecule has 2 atom stereocenters. The number of hydrogen-bond donors (Lipinski definition) is 0. The molecule has 0 radical (unpaired) electrons. The van der Waals surface area contributed by atoms with Crippen LogP contribution in [0.15, 0.2) is 29.5 Å². The van der Waals surface area contributed by atoms with Gasteiger partial charge in [0.05, 0.1) is 0 Å². The molecule has 0 aliphatic carbocycles. The van der Waals surface area contributed by atoms with Crippen molar-refractivity contribution in [2.45, 2.75) is 13.8 Å². The molecule has 4 rings (SSSR count). The molecule has 0 bridgehead atoms. The molecule has 4 heterocycles. The van der Waals surface area contributed by atoms with Crippen LogP contribution in [-0.2, 0) is 7.05 Å². The van der Waals surface area contributed by atoms with Crippen molar-refractivity contribution in [3.63, 3.8) is 0 Å². The molecule has 2 aliphatic heterocycles. The zero-order valence-electron chi connectivity index (χ0n) is 15.3. The molecular formula is C19H23N5O2. The normalized spacial score (nSPS) is 22.0. The molecule has 2 unspecified atom stereocenters. The van der Waals surface area contributed by atoms with E-state index >= 15 is 0 Å². The van der Waals surface area contributed by atoms with Gasteiger partial charge in [-0.2, -0.15) is 0 Å². The first-order valence-corrected chi connectivity index (χ1v) is 8.93. The summed E-state index contributed by atoms with van der Waals surface area (Å²) >= 11 is 0. The highest BCUT2D eigenvalue weighted by atomic mass is 16.2. The number of nitrogens with zero attached hydrogens (tertiary/aromatic N) is 5. The highest BCUT2D eigenvalue weighted by molar-refractivity contribution is 5.94. The van der Waals surface area contributed by atoms with Gasteiger partial charge >= 0.3 is 0 Å². The topological polar surface area (TPSA) is 71.3 Å². The molecule has 0 aromatic carbocycles. The Kier molecular flexibility index (Phi) is 4.01. The maximum atomic E-state index is 12.8. The van der Waals surface area contributed by atoms with Crippen molar-refractivity contribution in [2.24, 2.45) is 18.9 Å². The smallest absolute Gasteiger partial charge is 0.263 e. The van der Waals surface area contributed by atoms with E-state index in [4.69, 9.17) is 0 Å². The van der Waals surface area contributed by atoms with E-state index in [1.54, 1.807) is 31.7 Å². The number of likely N-dealkylation sites (tertiary alicyclic amines) is 1. The summed E-state index contributed by atoms with van der Waals surface area (Å²) in [5.41, 5.74) is 2.15. The number of carbonyl (C=O) groups excluding carboxylic acids is 1. The van der Waals surface area contributed by atoms with Gasteiger partial charge in [-0.15, -0.1) is 0 Å². The van der Waals surface area contributed by atoms with Gasteiger partial charge < -0.3 is 14.4 Å². The minimum atomic E-state index is -0.233. The van der Waals surface area contributed by atoms with Gasteiger partial charge in [0.1, 0.15) is 17.7 Å². The Morgan fingerprint density at radius 3 is 2.50 bits per heavy atom. The van der Waals surface area contributed by atoms with Crippen LogP contribution in [0, 0.1) is 25.7 Å². The van der Waals surface area contributed by atoms with E-state index < -0.39 is 0 Å². The largest absolute Gasteiger partial charge is 0.356 e. The van der Waals surface area contributed by atoms with Gasteiger partial charge in [0, 0.05) is 62.5 Å². The van der Waals surface area contributed by atoms with Crippen molar-refractivity contribution in [2.75, 3.05) is 31.1 Å². The third-order valence-corrected chi connectivity index (χ3v) is 5.74. The Morgan fingerprint density at radius 2 is 1.81 bits per heavy atom. The first kappa shape index (κ1) is 16.8. The van der Waals surface area contributed by atoms with Gasteiger partial charge in [0.25, 0.3) is 11.5 Å². The Bertz CT molecular complexity index is 908. The van der Waals surface area contributed by atoms with Crippen LogP contribution in [0.5, 0.6) is 0 Å². The van der Waals surface area contributed by atoms with Crippen LogP contribution in [0.1, 0.15) is 21.6 Å². The summed E-state index contributed by atoms with van der Waals surface area (Å²) in [6.07, 6.45) is 3.29. The maximum absolute atomic E-state index is 12.8. The quantitative estimate of drug-likeness (QED) is 0.806. The van der Waals surface area contributed by atoms with E-state index in [0.717, 1.165) is 30.2 Å². The number of amides is 1. The van der Waals surface area contributed by atoms with E-state index in [1.165, 1.54) is 4.57 Å². The molecule has 7 heteroatoms. The molecule has 2 aromatic rings. The molecule has 7 nitrogen and oxygen atoms in total. The van der Waals surface area contributed by atoms with Crippen molar-refractivity contribution >= 4 is 11.7 Å². The second-order valence-electron chi connectivity index (χ2n) is 7.38. The second kappa shape index (κ2) is 6.23. The Labute approximate surface area is 152 Å². The molecule has 136 valence electrons. The van der Waals surface area contributed by atoms with E-state index in [-0.39, 0.29) is 17.0 Å². The maximum Gasteiger partial charge on any atom is 0.263 e. The van der Waals surface area contributed by atoms with Gasteiger partial charge in [-0.3, -0.25) is 9.59 Å². The molecule has 0 saturated carbocycles. The van der Waals surface area contributed by atoms with Crippen LogP contribution >= 0.6 is 0 Å². The van der Waals surface area contributed by atoms with Crippen LogP contribution < -0.4 is 10.5 Å². The molecule has 2 aromatic heterocycles. The van der Waals surface area contributed by atoms with Gasteiger partial charge in [-0.05, 0) is 26.0 Å².